The van der Waals surface area contributed by atoms with Gasteiger partial charge in [-0.15, -0.1) is 0 Å². The van der Waals surface area contributed by atoms with Crippen LogP contribution < -0.4 is 10.2 Å². The Bertz CT molecular complexity index is 421. The van der Waals surface area contributed by atoms with E-state index in [0.717, 1.165) is 37.4 Å². The van der Waals surface area contributed by atoms with Gasteiger partial charge >= 0.3 is 0 Å². The van der Waals surface area contributed by atoms with Crippen molar-refractivity contribution < 1.29 is 4.79 Å². The summed E-state index contributed by atoms with van der Waals surface area (Å²) in [6.45, 7) is 5.08. The number of hydrogen-bond donors (Lipinski definition) is 1. The maximum atomic E-state index is 11.9. The normalized spacial score (nSPS) is 16.7. The van der Waals surface area contributed by atoms with E-state index in [1.807, 2.05) is 13.2 Å². The minimum atomic E-state index is 0.168. The Morgan fingerprint density at radius 1 is 1.39 bits per heavy atom. The van der Waals surface area contributed by atoms with Gasteiger partial charge in [-0.3, -0.25) is 9.78 Å². The minimum absolute atomic E-state index is 0.168. The van der Waals surface area contributed by atoms with Crippen molar-refractivity contribution >= 4 is 17.3 Å². The smallest absolute Gasteiger partial charge is 0.241 e. The van der Waals surface area contributed by atoms with Gasteiger partial charge in [-0.25, -0.2) is 0 Å². The summed E-state index contributed by atoms with van der Waals surface area (Å²) in [5.74, 6) is 0.168. The maximum absolute atomic E-state index is 11.9. The van der Waals surface area contributed by atoms with E-state index in [0.29, 0.717) is 6.54 Å². The third-order valence-electron chi connectivity index (χ3n) is 3.14. The first-order valence-corrected chi connectivity index (χ1v) is 6.38. The Morgan fingerprint density at radius 2 is 2.22 bits per heavy atom. The first kappa shape index (κ1) is 12.7. The Kier molecular flexibility index (Phi) is 4.02. The number of rotatable bonds is 3. The van der Waals surface area contributed by atoms with E-state index in [1.165, 1.54) is 0 Å². The van der Waals surface area contributed by atoms with Crippen LogP contribution >= 0.6 is 0 Å². The third-order valence-corrected chi connectivity index (χ3v) is 3.14. The van der Waals surface area contributed by atoms with Gasteiger partial charge in [0, 0.05) is 26.7 Å². The van der Waals surface area contributed by atoms with Gasteiger partial charge in [0.1, 0.15) is 0 Å². The van der Waals surface area contributed by atoms with Gasteiger partial charge < -0.3 is 15.1 Å². The summed E-state index contributed by atoms with van der Waals surface area (Å²) in [6, 6.07) is 2.05. The van der Waals surface area contributed by atoms with Gasteiger partial charge in [0.25, 0.3) is 0 Å². The largest absolute Gasteiger partial charge is 0.384 e. The van der Waals surface area contributed by atoms with Crippen molar-refractivity contribution in [2.75, 3.05) is 43.4 Å². The van der Waals surface area contributed by atoms with Crippen molar-refractivity contribution in [1.82, 2.24) is 9.88 Å². The average molecular weight is 248 g/mol. The Balaban J connectivity index is 2.14. The number of carbonyl (C=O) groups is 1. The molecule has 1 fully saturated rings. The lowest BCUT2D eigenvalue weighted by molar-refractivity contribution is -0.127. The van der Waals surface area contributed by atoms with Crippen LogP contribution in [0.2, 0.25) is 0 Å². The number of hydrogen-bond acceptors (Lipinski definition) is 4. The molecule has 0 saturated carbocycles. The number of nitrogens with zero attached hydrogens (tertiary/aromatic N) is 3. The molecule has 0 aliphatic carbocycles. The van der Waals surface area contributed by atoms with Crippen molar-refractivity contribution in [1.29, 1.82) is 0 Å². The van der Waals surface area contributed by atoms with E-state index >= 15 is 0 Å². The highest BCUT2D eigenvalue weighted by molar-refractivity contribution is 5.81. The first-order chi connectivity index (χ1) is 8.70. The van der Waals surface area contributed by atoms with Crippen LogP contribution in [0.15, 0.2) is 18.5 Å². The molecule has 1 aromatic heterocycles. The molecule has 2 rings (SSSR count). The fourth-order valence-corrected chi connectivity index (χ4v) is 2.11. The van der Waals surface area contributed by atoms with Crippen LogP contribution in [-0.4, -0.2) is 49.0 Å². The van der Waals surface area contributed by atoms with Crippen molar-refractivity contribution in [3.05, 3.63) is 18.5 Å². The number of likely N-dealkylation sites (N-methyl/N-ethyl adjacent to an activating group) is 1. The number of anilines is 2. The molecule has 98 valence electrons. The van der Waals surface area contributed by atoms with Crippen molar-refractivity contribution in [3.63, 3.8) is 0 Å². The van der Waals surface area contributed by atoms with Crippen LogP contribution in [0.4, 0.5) is 11.4 Å². The molecule has 0 bridgehead atoms. The molecule has 18 heavy (non-hydrogen) atoms. The van der Waals surface area contributed by atoms with Gasteiger partial charge in [-0.05, 0) is 19.4 Å². The molecule has 1 aromatic rings. The van der Waals surface area contributed by atoms with Crippen LogP contribution in [0.3, 0.4) is 0 Å². The molecular formula is C13H20N4O. The summed E-state index contributed by atoms with van der Waals surface area (Å²) in [7, 11) is 1.86. The second-order valence-electron chi connectivity index (χ2n) is 4.55. The lowest BCUT2D eigenvalue weighted by Gasteiger charge is -2.22. The molecule has 1 aliphatic heterocycles. The van der Waals surface area contributed by atoms with E-state index in [9.17, 15) is 4.79 Å². The highest BCUT2D eigenvalue weighted by Crippen LogP contribution is 2.19. The average Bonchev–Trinajstić information content (AvgIpc) is 2.53. The van der Waals surface area contributed by atoms with Crippen molar-refractivity contribution in [2.24, 2.45) is 0 Å². The molecule has 2 heterocycles. The number of amides is 1. The molecule has 5 nitrogen and oxygen atoms in total. The van der Waals surface area contributed by atoms with Crippen LogP contribution in [-0.2, 0) is 4.79 Å². The van der Waals surface area contributed by atoms with Crippen molar-refractivity contribution in [2.45, 2.75) is 13.3 Å². The summed E-state index contributed by atoms with van der Waals surface area (Å²) >= 11 is 0. The summed E-state index contributed by atoms with van der Waals surface area (Å²) in [4.78, 5) is 20.0. The summed E-state index contributed by atoms with van der Waals surface area (Å²) < 4.78 is 0. The first-order valence-electron chi connectivity index (χ1n) is 6.38. The predicted octanol–water partition coefficient (Wildman–Crippen LogP) is 1.18. The van der Waals surface area contributed by atoms with Gasteiger partial charge in [-0.2, -0.15) is 0 Å². The zero-order chi connectivity index (χ0) is 13.0. The van der Waals surface area contributed by atoms with E-state index < -0.39 is 0 Å². The fraction of sp³-hybridized carbons (Fsp3) is 0.538. The van der Waals surface area contributed by atoms with Gasteiger partial charge in [-0.1, -0.05) is 0 Å². The van der Waals surface area contributed by atoms with E-state index in [1.54, 1.807) is 11.1 Å². The monoisotopic (exact) mass is 248 g/mol. The van der Waals surface area contributed by atoms with E-state index in [4.69, 9.17) is 0 Å². The topological polar surface area (TPSA) is 48.5 Å². The standard InChI is InChI=1S/C13H20N4O/c1-3-15-11-7-12(9-14-8-11)17-6-4-5-16(2)13(18)10-17/h7-9,15H,3-6,10H2,1-2H3. The highest BCUT2D eigenvalue weighted by Gasteiger charge is 2.19. The fourth-order valence-electron chi connectivity index (χ4n) is 2.11. The lowest BCUT2D eigenvalue weighted by Crippen LogP contribution is -2.34. The molecule has 0 unspecified atom stereocenters. The predicted molar refractivity (Wildman–Crippen MR) is 72.9 cm³/mol. The molecule has 0 radical (unpaired) electrons. The molecule has 1 aliphatic rings. The second-order valence-corrected chi connectivity index (χ2v) is 4.55. The Morgan fingerprint density at radius 3 is 3.00 bits per heavy atom. The van der Waals surface area contributed by atoms with Crippen LogP contribution in [0, 0.1) is 0 Å². The Labute approximate surface area is 108 Å². The molecular weight excluding hydrogens is 228 g/mol. The lowest BCUT2D eigenvalue weighted by atomic mass is 10.3. The molecule has 1 saturated heterocycles. The summed E-state index contributed by atoms with van der Waals surface area (Å²) in [6.07, 6.45) is 4.62. The third kappa shape index (κ3) is 2.91. The molecule has 1 amide bonds. The molecule has 0 aromatic carbocycles. The SMILES string of the molecule is CCNc1cncc(N2CCCN(C)C(=O)C2)c1. The highest BCUT2D eigenvalue weighted by atomic mass is 16.2. The summed E-state index contributed by atoms with van der Waals surface area (Å²) in [5.41, 5.74) is 2.01. The van der Waals surface area contributed by atoms with Crippen molar-refractivity contribution in [3.8, 4) is 0 Å². The maximum Gasteiger partial charge on any atom is 0.241 e. The molecule has 0 atom stereocenters. The molecule has 1 N–H and O–H groups in total. The summed E-state index contributed by atoms with van der Waals surface area (Å²) in [5, 5.41) is 3.24. The van der Waals surface area contributed by atoms with Gasteiger partial charge in [0.2, 0.25) is 5.91 Å². The van der Waals surface area contributed by atoms with E-state index in [-0.39, 0.29) is 5.91 Å². The molecule has 5 heteroatoms. The Hall–Kier alpha value is -1.78. The number of aromatic nitrogens is 1. The zero-order valence-electron chi connectivity index (χ0n) is 11.0. The van der Waals surface area contributed by atoms with Gasteiger partial charge in [0.05, 0.1) is 30.3 Å². The zero-order valence-corrected chi connectivity index (χ0v) is 11.0. The van der Waals surface area contributed by atoms with Gasteiger partial charge in [0.15, 0.2) is 0 Å². The number of carbonyl (C=O) groups excluding carboxylic acids is 1. The second kappa shape index (κ2) is 5.71. The number of pyridine rings is 1. The van der Waals surface area contributed by atoms with Crippen LogP contribution in [0.1, 0.15) is 13.3 Å². The minimum Gasteiger partial charge on any atom is -0.384 e. The van der Waals surface area contributed by atoms with E-state index in [2.05, 4.69) is 28.2 Å². The van der Waals surface area contributed by atoms with Crippen LogP contribution in [0.25, 0.3) is 0 Å². The quantitative estimate of drug-likeness (QED) is 0.872. The van der Waals surface area contributed by atoms with Crippen LogP contribution in [0.5, 0.6) is 0 Å². The molecule has 0 spiro atoms. The number of nitrogens with one attached hydrogen (secondary N) is 1.